The third kappa shape index (κ3) is 3.55. The summed E-state index contributed by atoms with van der Waals surface area (Å²) < 4.78 is 55.4. The number of halogens is 5. The lowest BCUT2D eigenvalue weighted by molar-refractivity contribution is -0.198. The number of benzene rings is 1. The van der Waals surface area contributed by atoms with Gasteiger partial charge in [-0.3, -0.25) is 9.59 Å². The molecule has 0 aliphatic carbocycles. The second kappa shape index (κ2) is 6.34. The summed E-state index contributed by atoms with van der Waals surface area (Å²) in [7, 11) is 0.917. The molecular weight excluding hydrogens is 396 g/mol. The number of carbonyl (C=O) groups excluding carboxylic acids is 2. The molecule has 2 amide bonds. The number of amides is 2. The highest BCUT2D eigenvalue weighted by atomic mass is 79.9. The first-order chi connectivity index (χ1) is 11.0. The van der Waals surface area contributed by atoms with Gasteiger partial charge in [0.2, 0.25) is 11.6 Å². The number of nitrogens with zero attached hydrogens (tertiary/aromatic N) is 2. The van der Waals surface area contributed by atoms with Gasteiger partial charge in [0.1, 0.15) is 0 Å². The van der Waals surface area contributed by atoms with Gasteiger partial charge in [0.15, 0.2) is 6.04 Å². The van der Waals surface area contributed by atoms with Crippen LogP contribution < -0.4 is 0 Å². The highest BCUT2D eigenvalue weighted by Gasteiger charge is 2.56. The first kappa shape index (κ1) is 18.7. The summed E-state index contributed by atoms with van der Waals surface area (Å²) in [5.41, 5.74) is -2.66. The van der Waals surface area contributed by atoms with Crippen LogP contribution in [0.15, 0.2) is 28.7 Å². The average Bonchev–Trinajstić information content (AvgIpc) is 2.43. The van der Waals surface area contributed by atoms with Crippen LogP contribution in [0.25, 0.3) is 0 Å². The minimum Gasteiger partial charge on any atom is -0.335 e. The van der Waals surface area contributed by atoms with E-state index in [0.29, 0.717) is 9.37 Å². The molecule has 1 fully saturated rings. The van der Waals surface area contributed by atoms with Crippen molar-refractivity contribution in [2.24, 2.45) is 0 Å². The highest BCUT2D eigenvalue weighted by Crippen LogP contribution is 2.40. The van der Waals surface area contributed by atoms with Crippen LogP contribution in [0.3, 0.4) is 0 Å². The van der Waals surface area contributed by atoms with Crippen LogP contribution in [0.5, 0.6) is 0 Å². The SMILES string of the molecule is CC(=O)N1CC(F)(C(=O)N(C)C(c2ccc(Br)cc2)C(F)(F)F)C1. The predicted molar refractivity (Wildman–Crippen MR) is 81.8 cm³/mol. The summed E-state index contributed by atoms with van der Waals surface area (Å²) in [5, 5.41) is 0. The molecule has 0 bridgehead atoms. The Kier molecular flexibility index (Phi) is 4.94. The fraction of sp³-hybridized carbons (Fsp3) is 0.467. The predicted octanol–water partition coefficient (Wildman–Crippen LogP) is 3.08. The average molecular weight is 411 g/mol. The summed E-state index contributed by atoms with van der Waals surface area (Å²) >= 11 is 3.12. The maximum atomic E-state index is 14.5. The molecule has 1 aliphatic heterocycles. The smallest absolute Gasteiger partial charge is 0.335 e. The molecule has 0 aromatic heterocycles. The second-order valence-corrected chi connectivity index (χ2v) is 6.67. The molecule has 0 spiro atoms. The highest BCUT2D eigenvalue weighted by molar-refractivity contribution is 9.10. The minimum atomic E-state index is -4.77. The van der Waals surface area contributed by atoms with Crippen molar-refractivity contribution in [3.63, 3.8) is 0 Å². The normalized spacial score (nSPS) is 17.9. The van der Waals surface area contributed by atoms with Crippen molar-refractivity contribution in [2.45, 2.75) is 24.8 Å². The van der Waals surface area contributed by atoms with Gasteiger partial charge in [0, 0.05) is 18.4 Å². The van der Waals surface area contributed by atoms with Crippen molar-refractivity contribution >= 4 is 27.7 Å². The zero-order chi connectivity index (χ0) is 18.3. The van der Waals surface area contributed by atoms with E-state index in [4.69, 9.17) is 0 Å². The summed E-state index contributed by atoms with van der Waals surface area (Å²) in [4.78, 5) is 24.8. The number of hydrogen-bond acceptors (Lipinski definition) is 2. The molecule has 0 N–H and O–H groups in total. The molecule has 0 saturated carbocycles. The molecule has 1 aromatic carbocycles. The summed E-state index contributed by atoms with van der Waals surface area (Å²) in [6.45, 7) is 0.140. The number of likely N-dealkylation sites (tertiary alicyclic amines) is 1. The van der Waals surface area contributed by atoms with E-state index in [9.17, 15) is 27.2 Å². The van der Waals surface area contributed by atoms with Crippen molar-refractivity contribution in [1.82, 2.24) is 9.80 Å². The van der Waals surface area contributed by atoms with Crippen LogP contribution in [-0.4, -0.2) is 53.6 Å². The Hall–Kier alpha value is -1.64. The Bertz CT molecular complexity index is 642. The van der Waals surface area contributed by atoms with E-state index in [2.05, 4.69) is 15.9 Å². The molecule has 24 heavy (non-hydrogen) atoms. The van der Waals surface area contributed by atoms with E-state index in [1.165, 1.54) is 31.2 Å². The van der Waals surface area contributed by atoms with Gasteiger partial charge in [0.25, 0.3) is 5.91 Å². The van der Waals surface area contributed by atoms with E-state index in [1.807, 2.05) is 0 Å². The van der Waals surface area contributed by atoms with Crippen LogP contribution in [0.1, 0.15) is 18.5 Å². The number of carbonyl (C=O) groups is 2. The first-order valence-corrected chi connectivity index (χ1v) is 7.79. The summed E-state index contributed by atoms with van der Waals surface area (Å²) in [5.74, 6) is -1.72. The quantitative estimate of drug-likeness (QED) is 0.718. The Morgan fingerprint density at radius 3 is 2.17 bits per heavy atom. The van der Waals surface area contributed by atoms with Crippen molar-refractivity contribution in [3.05, 3.63) is 34.3 Å². The fourth-order valence-corrected chi connectivity index (χ4v) is 2.89. The Balaban J connectivity index is 2.26. The lowest BCUT2D eigenvalue weighted by Gasteiger charge is -2.45. The lowest BCUT2D eigenvalue weighted by atomic mass is 9.93. The molecule has 9 heteroatoms. The molecule has 4 nitrogen and oxygen atoms in total. The van der Waals surface area contributed by atoms with Crippen LogP contribution >= 0.6 is 15.9 Å². The Labute approximate surface area is 144 Å². The minimum absolute atomic E-state index is 0.173. The third-order valence-electron chi connectivity index (χ3n) is 3.92. The van der Waals surface area contributed by atoms with E-state index in [0.717, 1.165) is 11.9 Å². The molecular formula is C15H15BrF4N2O2. The van der Waals surface area contributed by atoms with Crippen molar-refractivity contribution in [2.75, 3.05) is 20.1 Å². The second-order valence-electron chi connectivity index (χ2n) is 5.75. The zero-order valence-electron chi connectivity index (χ0n) is 12.9. The van der Waals surface area contributed by atoms with Gasteiger partial charge in [-0.15, -0.1) is 0 Å². The molecule has 1 atom stereocenters. The first-order valence-electron chi connectivity index (χ1n) is 6.99. The maximum Gasteiger partial charge on any atom is 0.413 e. The van der Waals surface area contributed by atoms with E-state index in [1.54, 1.807) is 0 Å². The van der Waals surface area contributed by atoms with Crippen molar-refractivity contribution in [3.8, 4) is 0 Å². The lowest BCUT2D eigenvalue weighted by Crippen LogP contribution is -2.67. The molecule has 0 radical (unpaired) electrons. The third-order valence-corrected chi connectivity index (χ3v) is 4.44. The van der Waals surface area contributed by atoms with Crippen LogP contribution in [0.2, 0.25) is 0 Å². The Morgan fingerprint density at radius 2 is 1.75 bits per heavy atom. The molecule has 2 rings (SSSR count). The van der Waals surface area contributed by atoms with Crippen LogP contribution in [0.4, 0.5) is 17.6 Å². The summed E-state index contributed by atoms with van der Waals surface area (Å²) in [6.07, 6.45) is -4.77. The monoisotopic (exact) mass is 410 g/mol. The number of hydrogen-bond donors (Lipinski definition) is 0. The van der Waals surface area contributed by atoms with Gasteiger partial charge in [-0.2, -0.15) is 13.2 Å². The van der Waals surface area contributed by atoms with Gasteiger partial charge >= 0.3 is 6.18 Å². The van der Waals surface area contributed by atoms with Crippen molar-refractivity contribution in [1.29, 1.82) is 0 Å². The molecule has 1 heterocycles. The molecule has 1 saturated heterocycles. The van der Waals surface area contributed by atoms with Gasteiger partial charge in [-0.25, -0.2) is 4.39 Å². The largest absolute Gasteiger partial charge is 0.413 e. The van der Waals surface area contributed by atoms with Gasteiger partial charge in [-0.1, -0.05) is 28.1 Å². The van der Waals surface area contributed by atoms with Gasteiger partial charge in [-0.05, 0) is 17.7 Å². The molecule has 1 aliphatic rings. The van der Waals surface area contributed by atoms with E-state index < -0.39 is 42.8 Å². The molecule has 1 aromatic rings. The van der Waals surface area contributed by atoms with E-state index in [-0.39, 0.29) is 5.56 Å². The number of alkyl halides is 4. The topological polar surface area (TPSA) is 40.6 Å². The zero-order valence-corrected chi connectivity index (χ0v) is 14.5. The molecule has 1 unspecified atom stereocenters. The van der Waals surface area contributed by atoms with E-state index >= 15 is 0 Å². The molecule has 132 valence electrons. The Morgan fingerprint density at radius 1 is 1.25 bits per heavy atom. The standard InChI is InChI=1S/C15H15BrF4N2O2/c1-9(23)22-7-14(17,8-22)13(24)21(2)12(15(18,19)20)10-3-5-11(16)6-4-10/h3-6,12H,7-8H2,1-2H3. The summed E-state index contributed by atoms with van der Waals surface area (Å²) in [6, 6.07) is 3.01. The van der Waals surface area contributed by atoms with Crippen LogP contribution in [-0.2, 0) is 9.59 Å². The van der Waals surface area contributed by atoms with Crippen LogP contribution in [0, 0.1) is 0 Å². The van der Waals surface area contributed by atoms with Gasteiger partial charge < -0.3 is 9.80 Å². The maximum absolute atomic E-state index is 14.5. The van der Waals surface area contributed by atoms with Crippen molar-refractivity contribution < 1.29 is 27.2 Å². The van der Waals surface area contributed by atoms with Gasteiger partial charge in [0.05, 0.1) is 13.1 Å². The number of rotatable bonds is 3. The fourth-order valence-electron chi connectivity index (χ4n) is 2.63.